The fourth-order valence-electron chi connectivity index (χ4n) is 3.01. The van der Waals surface area contributed by atoms with Crippen molar-refractivity contribution in [1.82, 2.24) is 0 Å². The van der Waals surface area contributed by atoms with Gasteiger partial charge in [0, 0.05) is 50.7 Å². The van der Waals surface area contributed by atoms with Crippen LogP contribution in [-0.4, -0.2) is 50.7 Å². The first-order valence-corrected chi connectivity index (χ1v) is 10.5. The molecule has 0 N–H and O–H groups in total. The van der Waals surface area contributed by atoms with Crippen LogP contribution in [0.15, 0.2) is 58.5 Å². The Kier molecular flexibility index (Phi) is 7.12. The van der Waals surface area contributed by atoms with Gasteiger partial charge in [-0.05, 0) is 65.8 Å². The number of rotatable bonds is 5. The second-order valence-electron chi connectivity index (χ2n) is 10.1. The third kappa shape index (κ3) is 6.72. The fraction of sp³-hybridized carbons (Fsp3) is 0.462. The maximum atomic E-state index is 5.13. The third-order valence-corrected chi connectivity index (χ3v) is 4.43. The molecule has 0 heterocycles. The van der Waals surface area contributed by atoms with Gasteiger partial charge in [-0.3, -0.25) is 9.98 Å². The van der Waals surface area contributed by atoms with E-state index in [-0.39, 0.29) is 11.1 Å². The molecule has 2 rings (SSSR count). The van der Waals surface area contributed by atoms with Crippen LogP contribution >= 0.6 is 0 Å². The van der Waals surface area contributed by atoms with Gasteiger partial charge in [0.25, 0.3) is 0 Å². The predicted octanol–water partition coefficient (Wildman–Crippen LogP) is 5.69. The van der Waals surface area contributed by atoms with Crippen LogP contribution in [0.3, 0.4) is 0 Å². The van der Waals surface area contributed by atoms with Gasteiger partial charge >= 0.3 is 0 Å². The molecule has 0 saturated heterocycles. The summed E-state index contributed by atoms with van der Waals surface area (Å²) in [6, 6.07) is 17.1. The van der Waals surface area contributed by atoms with E-state index < -0.39 is 0 Å². The van der Waals surface area contributed by atoms with E-state index in [9.17, 15) is 0 Å². The molecule has 30 heavy (non-hydrogen) atoms. The molecule has 0 unspecified atom stereocenters. The number of hydrogen-bond acceptors (Lipinski definition) is 4. The van der Waals surface area contributed by atoms with E-state index >= 15 is 0 Å². The summed E-state index contributed by atoms with van der Waals surface area (Å²) in [5.74, 6) is 0. The molecule has 0 atom stereocenters. The number of benzene rings is 2. The summed E-state index contributed by atoms with van der Waals surface area (Å²) in [5, 5.41) is 0. The molecule has 0 aliphatic rings. The van der Waals surface area contributed by atoms with Crippen molar-refractivity contribution in [3.63, 3.8) is 0 Å². The van der Waals surface area contributed by atoms with Crippen molar-refractivity contribution in [3.8, 4) is 0 Å². The van der Waals surface area contributed by atoms with E-state index in [0.29, 0.717) is 0 Å². The summed E-state index contributed by atoms with van der Waals surface area (Å²) in [5.41, 5.74) is 5.90. The molecule has 0 aliphatic carbocycles. The Morgan fingerprint density at radius 2 is 0.800 bits per heavy atom. The van der Waals surface area contributed by atoms with Gasteiger partial charge in [-0.2, -0.15) is 0 Å². The van der Waals surface area contributed by atoms with Crippen molar-refractivity contribution in [2.45, 2.75) is 52.6 Å². The molecule has 0 radical (unpaired) electrons. The van der Waals surface area contributed by atoms with Crippen LogP contribution in [0.4, 0.5) is 11.4 Å². The van der Waals surface area contributed by atoms with E-state index in [2.05, 4.69) is 128 Å². The van der Waals surface area contributed by atoms with Crippen LogP contribution in [0.1, 0.15) is 52.7 Å². The molecule has 0 bridgehead atoms. The molecule has 0 aliphatic heterocycles. The summed E-state index contributed by atoms with van der Waals surface area (Å²) in [6.45, 7) is 12.8. The molecule has 4 nitrogen and oxygen atoms in total. The van der Waals surface area contributed by atoms with Crippen LogP contribution < -0.4 is 9.80 Å². The van der Waals surface area contributed by atoms with E-state index in [0.717, 1.165) is 22.6 Å². The first kappa shape index (κ1) is 23.7. The van der Waals surface area contributed by atoms with Gasteiger partial charge in [0.05, 0.1) is 22.5 Å². The van der Waals surface area contributed by atoms with Crippen molar-refractivity contribution >= 4 is 22.8 Å². The van der Waals surface area contributed by atoms with Gasteiger partial charge in [0.2, 0.25) is 0 Å². The highest BCUT2D eigenvalue weighted by atomic mass is 15.1. The molecule has 0 aromatic heterocycles. The molecular formula is C26H38N4. The van der Waals surface area contributed by atoms with Crippen LogP contribution in [0, 0.1) is 0 Å². The Bertz CT molecular complexity index is 811. The predicted molar refractivity (Wildman–Crippen MR) is 134 cm³/mol. The zero-order chi connectivity index (χ0) is 22.7. The first-order valence-electron chi connectivity index (χ1n) is 10.5. The molecule has 162 valence electrons. The Labute approximate surface area is 183 Å². The van der Waals surface area contributed by atoms with E-state index in [1.54, 1.807) is 0 Å². The van der Waals surface area contributed by atoms with Crippen molar-refractivity contribution in [1.29, 1.82) is 0 Å². The fourth-order valence-corrected chi connectivity index (χ4v) is 3.01. The maximum absolute atomic E-state index is 5.13. The van der Waals surface area contributed by atoms with Crippen molar-refractivity contribution in [2.75, 3.05) is 38.0 Å². The molecule has 2 aromatic rings. The minimum Gasteiger partial charge on any atom is -0.378 e. The van der Waals surface area contributed by atoms with Crippen LogP contribution in [0.25, 0.3) is 0 Å². The lowest BCUT2D eigenvalue weighted by Gasteiger charge is -2.22. The SMILES string of the molecule is CN(C)c1ccc(C(=NC(C)(C)C)C(=NC(C)(C)C)c2ccc(N(C)C)cc2)cc1. The van der Waals surface area contributed by atoms with Crippen molar-refractivity contribution in [3.05, 3.63) is 59.7 Å². The quantitative estimate of drug-likeness (QED) is 0.597. The van der Waals surface area contributed by atoms with Gasteiger partial charge in [-0.15, -0.1) is 0 Å². The molecule has 2 aromatic carbocycles. The van der Waals surface area contributed by atoms with Gasteiger partial charge in [0.1, 0.15) is 0 Å². The lowest BCUT2D eigenvalue weighted by molar-refractivity contribution is 0.579. The van der Waals surface area contributed by atoms with Crippen LogP contribution in [0.2, 0.25) is 0 Å². The highest BCUT2D eigenvalue weighted by molar-refractivity contribution is 6.53. The van der Waals surface area contributed by atoms with Gasteiger partial charge in [0.15, 0.2) is 0 Å². The normalized spacial score (nSPS) is 13.4. The molecule has 4 heteroatoms. The molecule has 0 fully saturated rings. The topological polar surface area (TPSA) is 31.2 Å². The molecule has 0 amide bonds. The largest absolute Gasteiger partial charge is 0.378 e. The van der Waals surface area contributed by atoms with E-state index in [4.69, 9.17) is 9.98 Å². The second-order valence-corrected chi connectivity index (χ2v) is 10.1. The summed E-state index contributed by atoms with van der Waals surface area (Å²) < 4.78 is 0. The zero-order valence-electron chi connectivity index (χ0n) is 20.4. The maximum Gasteiger partial charge on any atom is 0.0911 e. The van der Waals surface area contributed by atoms with Gasteiger partial charge in [-0.25, -0.2) is 0 Å². The standard InChI is InChI=1S/C26H38N4/c1-25(2,3)27-23(19-11-15-21(16-12-19)29(7)8)24(28-26(4,5)6)20-13-17-22(18-14-20)30(9)10/h11-18H,1-10H3. The van der Waals surface area contributed by atoms with E-state index in [1.807, 2.05) is 0 Å². The first-order chi connectivity index (χ1) is 13.8. The second kappa shape index (κ2) is 9.03. The number of anilines is 2. The average molecular weight is 407 g/mol. The molecule has 0 saturated carbocycles. The monoisotopic (exact) mass is 406 g/mol. The minimum absolute atomic E-state index is 0.224. The Hall–Kier alpha value is -2.62. The van der Waals surface area contributed by atoms with Crippen molar-refractivity contribution in [2.24, 2.45) is 9.98 Å². The number of nitrogens with zero attached hydrogens (tertiary/aromatic N) is 4. The summed E-state index contributed by atoms with van der Waals surface area (Å²) in [4.78, 5) is 14.5. The third-order valence-electron chi connectivity index (χ3n) is 4.43. The Morgan fingerprint density at radius 3 is 1.00 bits per heavy atom. The summed E-state index contributed by atoms with van der Waals surface area (Å²) in [7, 11) is 8.21. The summed E-state index contributed by atoms with van der Waals surface area (Å²) >= 11 is 0. The molecular weight excluding hydrogens is 368 g/mol. The van der Waals surface area contributed by atoms with Crippen molar-refractivity contribution < 1.29 is 0 Å². The van der Waals surface area contributed by atoms with Gasteiger partial charge < -0.3 is 9.80 Å². The lowest BCUT2D eigenvalue weighted by atomic mass is 9.96. The zero-order valence-corrected chi connectivity index (χ0v) is 20.4. The van der Waals surface area contributed by atoms with E-state index in [1.165, 1.54) is 11.4 Å². The molecule has 0 spiro atoms. The van der Waals surface area contributed by atoms with Crippen LogP contribution in [-0.2, 0) is 0 Å². The number of hydrogen-bond donors (Lipinski definition) is 0. The Balaban J connectivity index is 2.70. The summed E-state index contributed by atoms with van der Waals surface area (Å²) in [6.07, 6.45) is 0. The van der Waals surface area contributed by atoms with Crippen LogP contribution in [0.5, 0.6) is 0 Å². The Morgan fingerprint density at radius 1 is 0.533 bits per heavy atom. The highest BCUT2D eigenvalue weighted by Gasteiger charge is 2.21. The average Bonchev–Trinajstić information content (AvgIpc) is 2.63. The smallest absolute Gasteiger partial charge is 0.0911 e. The minimum atomic E-state index is -0.224. The highest BCUT2D eigenvalue weighted by Crippen LogP contribution is 2.22. The number of aliphatic imine (C=N–C) groups is 2. The lowest BCUT2D eigenvalue weighted by Crippen LogP contribution is -2.26. The van der Waals surface area contributed by atoms with Gasteiger partial charge in [-0.1, -0.05) is 24.3 Å².